The van der Waals surface area contributed by atoms with Gasteiger partial charge in [-0.15, -0.1) is 0 Å². The zero-order valence-corrected chi connectivity index (χ0v) is 16.8. The molecule has 0 bridgehead atoms. The van der Waals surface area contributed by atoms with E-state index in [1.165, 1.54) is 12.8 Å². The molecule has 6 heteroatoms. The maximum absolute atomic E-state index is 12.2. The first kappa shape index (κ1) is 20.0. The summed E-state index contributed by atoms with van der Waals surface area (Å²) in [5, 5.41) is 7.28. The van der Waals surface area contributed by atoms with Gasteiger partial charge in [0.1, 0.15) is 0 Å². The number of methoxy groups -OCH3 is 1. The Morgan fingerprint density at radius 2 is 2.07 bits per heavy atom. The molecular formula is C22H29N3O3. The van der Waals surface area contributed by atoms with Gasteiger partial charge in [-0.25, -0.2) is 4.68 Å². The van der Waals surface area contributed by atoms with Crippen molar-refractivity contribution in [2.45, 2.75) is 51.8 Å². The first-order valence-electron chi connectivity index (χ1n) is 9.87. The smallest absolute Gasteiger partial charge is 0.244 e. The van der Waals surface area contributed by atoms with Gasteiger partial charge in [0, 0.05) is 24.5 Å². The normalized spacial score (nSPS) is 20.7. The van der Waals surface area contributed by atoms with E-state index in [1.54, 1.807) is 30.1 Å². The minimum atomic E-state index is -0.255. The predicted octanol–water partition coefficient (Wildman–Crippen LogP) is 4.20. The fraction of sp³-hybridized carbons (Fsp3) is 0.455. The second-order valence-corrected chi connectivity index (χ2v) is 7.41. The third kappa shape index (κ3) is 5.38. The number of nitrogens with one attached hydrogen (secondary N) is 1. The molecule has 28 heavy (non-hydrogen) atoms. The van der Waals surface area contributed by atoms with Gasteiger partial charge in [-0.2, -0.15) is 5.10 Å². The first-order valence-corrected chi connectivity index (χ1v) is 9.87. The first-order chi connectivity index (χ1) is 13.5. The van der Waals surface area contributed by atoms with Crippen molar-refractivity contribution in [1.29, 1.82) is 0 Å². The van der Waals surface area contributed by atoms with Crippen molar-refractivity contribution < 1.29 is 14.3 Å². The van der Waals surface area contributed by atoms with Crippen LogP contribution < -0.4 is 14.8 Å². The van der Waals surface area contributed by atoms with Crippen LogP contribution in [-0.4, -0.2) is 28.8 Å². The van der Waals surface area contributed by atoms with E-state index >= 15 is 0 Å². The fourth-order valence-electron chi connectivity index (χ4n) is 3.44. The van der Waals surface area contributed by atoms with E-state index in [0.29, 0.717) is 17.5 Å². The average molecular weight is 383 g/mol. The van der Waals surface area contributed by atoms with Gasteiger partial charge >= 0.3 is 0 Å². The molecular weight excluding hydrogens is 354 g/mol. The lowest BCUT2D eigenvalue weighted by Gasteiger charge is -2.26. The summed E-state index contributed by atoms with van der Waals surface area (Å²) in [7, 11) is 1.60. The summed E-state index contributed by atoms with van der Waals surface area (Å²) in [6.45, 7) is 4.19. The van der Waals surface area contributed by atoms with E-state index in [-0.39, 0.29) is 12.1 Å². The number of amides is 1. The van der Waals surface area contributed by atoms with Crippen molar-refractivity contribution in [2.24, 2.45) is 5.92 Å². The van der Waals surface area contributed by atoms with E-state index < -0.39 is 0 Å². The number of hydrogen-bond donors (Lipinski definition) is 1. The molecule has 1 amide bonds. The lowest BCUT2D eigenvalue weighted by molar-refractivity contribution is -0.117. The SMILES string of the molecule is COc1cc(C=CC(=O)NC2CCC(C)CC2)ccc1OC(C)n1cccn1. The minimum Gasteiger partial charge on any atom is -0.493 e. The molecule has 1 atom stereocenters. The van der Waals surface area contributed by atoms with Crippen LogP contribution in [0.5, 0.6) is 11.5 Å². The molecule has 1 heterocycles. The number of rotatable bonds is 7. The Morgan fingerprint density at radius 1 is 1.29 bits per heavy atom. The second kappa shape index (κ2) is 9.44. The van der Waals surface area contributed by atoms with Crippen LogP contribution in [0.4, 0.5) is 0 Å². The molecule has 2 aromatic rings. The van der Waals surface area contributed by atoms with Crippen molar-refractivity contribution in [3.63, 3.8) is 0 Å². The van der Waals surface area contributed by atoms with Crippen LogP contribution in [0, 0.1) is 5.92 Å². The highest BCUT2D eigenvalue weighted by molar-refractivity contribution is 5.92. The van der Waals surface area contributed by atoms with Crippen LogP contribution in [0.15, 0.2) is 42.7 Å². The van der Waals surface area contributed by atoms with Crippen LogP contribution in [0.2, 0.25) is 0 Å². The van der Waals surface area contributed by atoms with Crippen LogP contribution >= 0.6 is 0 Å². The van der Waals surface area contributed by atoms with Gasteiger partial charge in [-0.05, 0) is 68.4 Å². The Labute approximate surface area is 166 Å². The van der Waals surface area contributed by atoms with Crippen LogP contribution in [0.25, 0.3) is 6.08 Å². The van der Waals surface area contributed by atoms with Crippen molar-refractivity contribution in [2.75, 3.05) is 7.11 Å². The zero-order valence-electron chi connectivity index (χ0n) is 16.8. The van der Waals surface area contributed by atoms with Gasteiger partial charge in [-0.3, -0.25) is 4.79 Å². The maximum atomic E-state index is 12.2. The molecule has 0 radical (unpaired) electrons. The molecule has 1 N–H and O–H groups in total. The Hall–Kier alpha value is -2.76. The second-order valence-electron chi connectivity index (χ2n) is 7.41. The molecule has 3 rings (SSSR count). The largest absolute Gasteiger partial charge is 0.493 e. The summed E-state index contributed by atoms with van der Waals surface area (Å²) in [6.07, 6.45) is 11.2. The molecule has 1 aromatic heterocycles. The quantitative estimate of drug-likeness (QED) is 0.728. The third-order valence-electron chi connectivity index (χ3n) is 5.17. The summed E-state index contributed by atoms with van der Waals surface area (Å²) in [5.41, 5.74) is 0.878. The molecule has 0 aliphatic heterocycles. The topological polar surface area (TPSA) is 65.4 Å². The molecule has 0 spiro atoms. The molecule has 1 aromatic carbocycles. The maximum Gasteiger partial charge on any atom is 0.244 e. The third-order valence-corrected chi connectivity index (χ3v) is 5.17. The van der Waals surface area contributed by atoms with Gasteiger partial charge < -0.3 is 14.8 Å². The Balaban J connectivity index is 1.59. The van der Waals surface area contributed by atoms with Gasteiger partial charge in [0.25, 0.3) is 0 Å². The fourth-order valence-corrected chi connectivity index (χ4v) is 3.44. The van der Waals surface area contributed by atoms with Crippen LogP contribution in [-0.2, 0) is 4.79 Å². The number of carbonyl (C=O) groups excluding carboxylic acids is 1. The van der Waals surface area contributed by atoms with Crippen LogP contribution in [0.1, 0.15) is 51.3 Å². The van der Waals surface area contributed by atoms with Gasteiger partial charge in [0.15, 0.2) is 17.7 Å². The summed E-state index contributed by atoms with van der Waals surface area (Å²) in [6, 6.07) is 7.75. The van der Waals surface area contributed by atoms with Crippen molar-refractivity contribution in [3.05, 3.63) is 48.3 Å². The molecule has 1 aliphatic rings. The summed E-state index contributed by atoms with van der Waals surface area (Å²) in [5.74, 6) is 1.96. The predicted molar refractivity (Wildman–Crippen MR) is 109 cm³/mol. The number of ether oxygens (including phenoxy) is 2. The number of benzene rings is 1. The highest BCUT2D eigenvalue weighted by atomic mass is 16.5. The van der Waals surface area contributed by atoms with E-state index in [1.807, 2.05) is 37.4 Å². The van der Waals surface area contributed by atoms with E-state index in [4.69, 9.17) is 9.47 Å². The minimum absolute atomic E-state index is 0.0499. The van der Waals surface area contributed by atoms with Gasteiger partial charge in [0.05, 0.1) is 7.11 Å². The van der Waals surface area contributed by atoms with Crippen molar-refractivity contribution >= 4 is 12.0 Å². The van der Waals surface area contributed by atoms with Crippen LogP contribution in [0.3, 0.4) is 0 Å². The standard InChI is InChI=1S/C22H29N3O3/c1-16-5-9-19(10-6-16)24-22(26)12-8-18-7-11-20(21(15-18)27-3)28-17(2)25-14-4-13-23-25/h4,7-8,11-17,19H,5-6,9-10H2,1-3H3,(H,24,26). The number of carbonyl (C=O) groups is 1. The Kier molecular flexibility index (Phi) is 6.74. The average Bonchev–Trinajstić information content (AvgIpc) is 3.24. The highest BCUT2D eigenvalue weighted by Gasteiger charge is 2.18. The zero-order chi connectivity index (χ0) is 19.9. The summed E-state index contributed by atoms with van der Waals surface area (Å²) >= 11 is 0. The molecule has 1 saturated carbocycles. The molecule has 1 aliphatic carbocycles. The lowest BCUT2D eigenvalue weighted by atomic mass is 9.87. The molecule has 1 fully saturated rings. The van der Waals surface area contributed by atoms with Crippen molar-refractivity contribution in [1.82, 2.24) is 15.1 Å². The number of hydrogen-bond acceptors (Lipinski definition) is 4. The van der Waals surface area contributed by atoms with E-state index in [2.05, 4.69) is 17.3 Å². The highest BCUT2D eigenvalue weighted by Crippen LogP contribution is 2.31. The van der Waals surface area contributed by atoms with Crippen molar-refractivity contribution in [3.8, 4) is 11.5 Å². The molecule has 0 saturated heterocycles. The van der Waals surface area contributed by atoms with Gasteiger partial charge in [-0.1, -0.05) is 13.0 Å². The van der Waals surface area contributed by atoms with E-state index in [0.717, 1.165) is 24.3 Å². The monoisotopic (exact) mass is 383 g/mol. The lowest BCUT2D eigenvalue weighted by Crippen LogP contribution is -2.36. The Morgan fingerprint density at radius 3 is 2.75 bits per heavy atom. The Bertz CT molecular complexity index is 793. The molecule has 1 unspecified atom stereocenters. The summed E-state index contributed by atoms with van der Waals surface area (Å²) in [4.78, 5) is 12.2. The number of nitrogens with zero attached hydrogens (tertiary/aromatic N) is 2. The summed E-state index contributed by atoms with van der Waals surface area (Å²) < 4.78 is 13.1. The van der Waals surface area contributed by atoms with Gasteiger partial charge in [0.2, 0.25) is 5.91 Å². The number of aromatic nitrogens is 2. The van der Waals surface area contributed by atoms with E-state index in [9.17, 15) is 4.79 Å². The molecule has 6 nitrogen and oxygen atoms in total. The molecule has 150 valence electrons.